The summed E-state index contributed by atoms with van der Waals surface area (Å²) in [6.07, 6.45) is 5.64. The Morgan fingerprint density at radius 2 is 2.15 bits per heavy atom. The first-order valence-corrected chi connectivity index (χ1v) is 5.78. The number of aromatic nitrogens is 3. The maximum absolute atomic E-state index is 4.30. The lowest BCUT2D eigenvalue weighted by Gasteiger charge is -2.03. The smallest absolute Gasteiger partial charge is 0.173 e. The van der Waals surface area contributed by atoms with Crippen LogP contribution in [0.3, 0.4) is 0 Å². The molecule has 0 N–H and O–H groups in total. The average Bonchev–Trinajstić information content (AvgIpc) is 2.51. The van der Waals surface area contributed by atoms with Crippen LogP contribution in [-0.4, -0.2) is 20.6 Å². The quantitative estimate of drug-likeness (QED) is 0.581. The van der Waals surface area contributed by atoms with E-state index in [-0.39, 0.29) is 0 Å². The van der Waals surface area contributed by atoms with Gasteiger partial charge in [-0.1, -0.05) is 11.8 Å². The number of halogens is 1. The van der Waals surface area contributed by atoms with Gasteiger partial charge in [-0.2, -0.15) is 0 Å². The van der Waals surface area contributed by atoms with Crippen molar-refractivity contribution in [1.82, 2.24) is 14.4 Å². The average molecular weight is 258 g/mol. The minimum atomic E-state index is 0.928. The third-order valence-electron chi connectivity index (χ3n) is 1.81. The van der Waals surface area contributed by atoms with E-state index < -0.39 is 0 Å². The van der Waals surface area contributed by atoms with Crippen molar-refractivity contribution < 1.29 is 0 Å². The number of fused-ring (bicyclic) bond motifs is 1. The van der Waals surface area contributed by atoms with Gasteiger partial charge in [-0.25, -0.2) is 9.97 Å². The molecule has 3 nitrogen and oxygen atoms in total. The van der Waals surface area contributed by atoms with E-state index >= 15 is 0 Å². The molecule has 0 amide bonds. The Kier molecular flexibility index (Phi) is 2.29. The Bertz CT molecular complexity index is 452. The molecule has 0 unspecified atom stereocenters. The van der Waals surface area contributed by atoms with Crippen LogP contribution in [0.5, 0.6) is 0 Å². The van der Waals surface area contributed by atoms with Gasteiger partial charge in [0.15, 0.2) is 10.8 Å². The van der Waals surface area contributed by atoms with Gasteiger partial charge >= 0.3 is 0 Å². The number of rotatable bonds is 1. The lowest BCUT2D eigenvalue weighted by molar-refractivity contribution is 0.874. The van der Waals surface area contributed by atoms with Gasteiger partial charge in [-0.15, -0.1) is 0 Å². The van der Waals surface area contributed by atoms with Crippen LogP contribution in [-0.2, 0) is 0 Å². The molecule has 0 aliphatic rings. The Labute approximate surface area is 88.7 Å². The predicted octanol–water partition coefficient (Wildman–Crippen LogP) is 2.52. The summed E-state index contributed by atoms with van der Waals surface area (Å²) in [5.41, 5.74) is 2.03. The molecule has 0 atom stereocenters. The molecule has 13 heavy (non-hydrogen) atoms. The number of thioether (sulfide) groups is 1. The summed E-state index contributed by atoms with van der Waals surface area (Å²) in [6.45, 7) is 2.02. The number of imidazole rings is 1. The second-order valence-corrected chi connectivity index (χ2v) is 4.28. The molecule has 5 heteroatoms. The molecule has 0 saturated heterocycles. The molecule has 0 aliphatic heterocycles. The van der Waals surface area contributed by atoms with Crippen LogP contribution < -0.4 is 0 Å². The first-order chi connectivity index (χ1) is 6.24. The van der Waals surface area contributed by atoms with Gasteiger partial charge in [-0.05, 0) is 29.1 Å². The van der Waals surface area contributed by atoms with Gasteiger partial charge in [-0.3, -0.25) is 4.40 Å². The maximum Gasteiger partial charge on any atom is 0.173 e. The van der Waals surface area contributed by atoms with Gasteiger partial charge in [0.25, 0.3) is 0 Å². The highest BCUT2D eigenvalue weighted by molar-refractivity contribution is 9.10. The van der Waals surface area contributed by atoms with Crippen LogP contribution in [0.15, 0.2) is 22.0 Å². The number of nitrogens with zero attached hydrogens (tertiary/aromatic N) is 3. The van der Waals surface area contributed by atoms with E-state index in [0.29, 0.717) is 0 Å². The molecule has 2 aromatic rings. The summed E-state index contributed by atoms with van der Waals surface area (Å²) in [5, 5.41) is 0.966. The fourth-order valence-electron chi connectivity index (χ4n) is 1.22. The van der Waals surface area contributed by atoms with E-state index in [1.54, 1.807) is 18.0 Å². The normalized spacial score (nSPS) is 11.0. The second kappa shape index (κ2) is 3.31. The van der Waals surface area contributed by atoms with Crippen LogP contribution in [0.25, 0.3) is 5.65 Å². The number of aryl methyl sites for hydroxylation is 1. The SMILES string of the molecule is CSc1ncc(Br)c2ncc(C)n12. The third-order valence-corrected chi connectivity index (χ3v) is 3.03. The minimum Gasteiger partial charge on any atom is -0.275 e. The predicted molar refractivity (Wildman–Crippen MR) is 57.2 cm³/mol. The monoisotopic (exact) mass is 257 g/mol. The highest BCUT2D eigenvalue weighted by Gasteiger charge is 2.07. The summed E-state index contributed by atoms with van der Waals surface area (Å²) in [6, 6.07) is 0. The molecular weight excluding hydrogens is 250 g/mol. The molecule has 2 rings (SSSR count). The summed E-state index contributed by atoms with van der Waals surface area (Å²) >= 11 is 5.04. The lowest BCUT2D eigenvalue weighted by atomic mass is 10.5. The molecule has 0 radical (unpaired) electrons. The third kappa shape index (κ3) is 1.36. The molecule has 0 saturated carbocycles. The number of hydrogen-bond acceptors (Lipinski definition) is 3. The summed E-state index contributed by atoms with van der Waals surface area (Å²) in [4.78, 5) is 8.59. The van der Waals surface area contributed by atoms with E-state index in [1.165, 1.54) is 0 Å². The fraction of sp³-hybridized carbons (Fsp3) is 0.250. The van der Waals surface area contributed by atoms with Crippen molar-refractivity contribution in [3.63, 3.8) is 0 Å². The molecule has 68 valence electrons. The highest BCUT2D eigenvalue weighted by Crippen LogP contribution is 2.22. The van der Waals surface area contributed by atoms with Crippen molar-refractivity contribution in [3.8, 4) is 0 Å². The molecular formula is C8H8BrN3S. The molecule has 0 aliphatic carbocycles. The van der Waals surface area contributed by atoms with Gasteiger partial charge in [0.2, 0.25) is 0 Å². The first kappa shape index (κ1) is 9.02. The van der Waals surface area contributed by atoms with Gasteiger partial charge < -0.3 is 0 Å². The maximum atomic E-state index is 4.30. The molecule has 0 fully saturated rings. The zero-order valence-corrected chi connectivity index (χ0v) is 9.69. The van der Waals surface area contributed by atoms with Crippen molar-refractivity contribution in [1.29, 1.82) is 0 Å². The Balaban J connectivity index is 2.88. The van der Waals surface area contributed by atoms with Crippen LogP contribution in [0.4, 0.5) is 0 Å². The number of hydrogen-bond donors (Lipinski definition) is 0. The fourth-order valence-corrected chi connectivity index (χ4v) is 2.17. The van der Waals surface area contributed by atoms with Crippen LogP contribution >= 0.6 is 27.7 Å². The van der Waals surface area contributed by atoms with E-state index in [2.05, 4.69) is 25.9 Å². The van der Waals surface area contributed by atoms with Crippen molar-refractivity contribution in [2.75, 3.05) is 6.26 Å². The lowest BCUT2D eigenvalue weighted by Crippen LogP contribution is -1.95. The molecule has 0 bridgehead atoms. The van der Waals surface area contributed by atoms with Crippen molar-refractivity contribution >= 4 is 33.3 Å². The van der Waals surface area contributed by atoms with Gasteiger partial charge in [0.1, 0.15) is 0 Å². The Morgan fingerprint density at radius 1 is 1.38 bits per heavy atom. The summed E-state index contributed by atoms with van der Waals surface area (Å²) in [7, 11) is 0. The Hall–Kier alpha value is -0.550. The Morgan fingerprint density at radius 3 is 2.85 bits per heavy atom. The molecule has 2 heterocycles. The zero-order chi connectivity index (χ0) is 9.42. The van der Waals surface area contributed by atoms with E-state index in [1.807, 2.05) is 23.8 Å². The first-order valence-electron chi connectivity index (χ1n) is 3.76. The van der Waals surface area contributed by atoms with E-state index in [4.69, 9.17) is 0 Å². The van der Waals surface area contributed by atoms with Crippen LogP contribution in [0.1, 0.15) is 5.69 Å². The van der Waals surface area contributed by atoms with Crippen molar-refractivity contribution in [2.45, 2.75) is 12.1 Å². The van der Waals surface area contributed by atoms with Gasteiger partial charge in [0, 0.05) is 18.1 Å². The highest BCUT2D eigenvalue weighted by atomic mass is 79.9. The van der Waals surface area contributed by atoms with E-state index in [9.17, 15) is 0 Å². The molecule has 0 spiro atoms. The topological polar surface area (TPSA) is 30.2 Å². The zero-order valence-electron chi connectivity index (χ0n) is 7.28. The van der Waals surface area contributed by atoms with E-state index in [0.717, 1.165) is 21.0 Å². The van der Waals surface area contributed by atoms with Gasteiger partial charge in [0.05, 0.1) is 4.47 Å². The van der Waals surface area contributed by atoms with Crippen LogP contribution in [0.2, 0.25) is 0 Å². The minimum absolute atomic E-state index is 0.928. The second-order valence-electron chi connectivity index (χ2n) is 2.65. The largest absolute Gasteiger partial charge is 0.275 e. The van der Waals surface area contributed by atoms with Crippen LogP contribution in [0, 0.1) is 6.92 Å². The van der Waals surface area contributed by atoms with Crippen molar-refractivity contribution in [3.05, 3.63) is 22.6 Å². The summed E-state index contributed by atoms with van der Waals surface area (Å²) in [5.74, 6) is 0. The molecule has 2 aromatic heterocycles. The molecule has 0 aromatic carbocycles. The van der Waals surface area contributed by atoms with Crippen molar-refractivity contribution in [2.24, 2.45) is 0 Å². The summed E-state index contributed by atoms with van der Waals surface area (Å²) < 4.78 is 2.97. The standard InChI is InChI=1S/C8H8BrN3S/c1-5-3-10-7-6(9)4-11-8(13-2)12(5)7/h3-4H,1-2H3.